The Kier molecular flexibility index (Phi) is 3.64. The van der Waals surface area contributed by atoms with Crippen LogP contribution >= 0.6 is 0 Å². The van der Waals surface area contributed by atoms with E-state index in [-0.39, 0.29) is 5.91 Å². The van der Waals surface area contributed by atoms with Gasteiger partial charge in [-0.3, -0.25) is 9.78 Å². The van der Waals surface area contributed by atoms with E-state index in [4.69, 9.17) is 0 Å². The van der Waals surface area contributed by atoms with Crippen LogP contribution in [0.25, 0.3) is 5.65 Å². The molecular formula is C16H16N4O. The molecule has 3 rings (SSSR count). The minimum absolute atomic E-state index is 0.0574. The molecule has 0 aliphatic rings. The molecule has 5 nitrogen and oxygen atoms in total. The van der Waals surface area contributed by atoms with Crippen molar-refractivity contribution in [1.29, 1.82) is 0 Å². The summed E-state index contributed by atoms with van der Waals surface area (Å²) >= 11 is 0. The van der Waals surface area contributed by atoms with Crippen molar-refractivity contribution >= 4 is 11.6 Å². The molecule has 5 heteroatoms. The number of aromatic nitrogens is 3. The Morgan fingerprint density at radius 2 is 2.05 bits per heavy atom. The van der Waals surface area contributed by atoms with Crippen molar-refractivity contribution in [2.75, 3.05) is 6.54 Å². The third-order valence-corrected chi connectivity index (χ3v) is 3.37. The normalized spacial score (nSPS) is 10.7. The highest BCUT2D eigenvalue weighted by Crippen LogP contribution is 2.10. The number of pyridine rings is 2. The van der Waals surface area contributed by atoms with Gasteiger partial charge in [-0.2, -0.15) is 0 Å². The van der Waals surface area contributed by atoms with E-state index in [1.165, 1.54) is 0 Å². The van der Waals surface area contributed by atoms with E-state index >= 15 is 0 Å². The minimum Gasteiger partial charge on any atom is -0.333 e. The lowest BCUT2D eigenvalue weighted by molar-refractivity contribution is 0.0747. The Morgan fingerprint density at radius 1 is 1.24 bits per heavy atom. The van der Waals surface area contributed by atoms with E-state index in [1.54, 1.807) is 23.5 Å². The molecule has 0 aliphatic carbocycles. The number of imidazole rings is 1. The van der Waals surface area contributed by atoms with Crippen LogP contribution in [0.1, 0.15) is 23.0 Å². The first-order valence-electron chi connectivity index (χ1n) is 6.90. The predicted octanol–water partition coefficient (Wildman–Crippen LogP) is 2.39. The van der Waals surface area contributed by atoms with Gasteiger partial charge in [-0.15, -0.1) is 0 Å². The van der Waals surface area contributed by atoms with Crippen molar-refractivity contribution in [2.24, 2.45) is 0 Å². The summed E-state index contributed by atoms with van der Waals surface area (Å²) < 4.78 is 1.85. The molecule has 0 radical (unpaired) electrons. The largest absolute Gasteiger partial charge is 0.333 e. The lowest BCUT2D eigenvalue weighted by Crippen LogP contribution is -2.30. The summed E-state index contributed by atoms with van der Waals surface area (Å²) in [5.41, 5.74) is 2.31. The molecule has 0 saturated heterocycles. The molecule has 0 atom stereocenters. The maximum absolute atomic E-state index is 12.6. The first kappa shape index (κ1) is 13.3. The van der Waals surface area contributed by atoms with Crippen LogP contribution < -0.4 is 0 Å². The van der Waals surface area contributed by atoms with Gasteiger partial charge in [0.2, 0.25) is 0 Å². The number of hydrogen-bond acceptors (Lipinski definition) is 3. The van der Waals surface area contributed by atoms with Gasteiger partial charge in [0.05, 0.1) is 0 Å². The van der Waals surface area contributed by atoms with Crippen molar-refractivity contribution < 1.29 is 4.79 Å². The molecule has 0 unspecified atom stereocenters. The van der Waals surface area contributed by atoms with Crippen LogP contribution in [-0.4, -0.2) is 31.7 Å². The summed E-state index contributed by atoms with van der Waals surface area (Å²) in [6.07, 6.45) is 7.13. The third-order valence-electron chi connectivity index (χ3n) is 3.37. The number of rotatable bonds is 4. The highest BCUT2D eigenvalue weighted by molar-refractivity contribution is 5.92. The van der Waals surface area contributed by atoms with E-state index in [0.29, 0.717) is 18.8 Å². The molecule has 0 fully saturated rings. The van der Waals surface area contributed by atoms with Crippen molar-refractivity contribution in [1.82, 2.24) is 19.3 Å². The van der Waals surface area contributed by atoms with Gasteiger partial charge in [0.15, 0.2) is 0 Å². The van der Waals surface area contributed by atoms with Gasteiger partial charge in [-0.1, -0.05) is 6.07 Å². The zero-order valence-corrected chi connectivity index (χ0v) is 11.8. The van der Waals surface area contributed by atoms with Crippen molar-refractivity contribution in [2.45, 2.75) is 13.5 Å². The quantitative estimate of drug-likeness (QED) is 0.737. The molecule has 3 aromatic rings. The third kappa shape index (κ3) is 2.76. The van der Waals surface area contributed by atoms with Crippen molar-refractivity contribution in [3.8, 4) is 0 Å². The minimum atomic E-state index is -0.0574. The fourth-order valence-corrected chi connectivity index (χ4v) is 2.24. The predicted molar refractivity (Wildman–Crippen MR) is 79.8 cm³/mol. The fourth-order valence-electron chi connectivity index (χ4n) is 2.24. The number of carbonyl (C=O) groups is 1. The molecule has 3 heterocycles. The van der Waals surface area contributed by atoms with Crippen LogP contribution in [0.2, 0.25) is 0 Å². The Hall–Kier alpha value is -2.69. The average Bonchev–Trinajstić information content (AvgIpc) is 2.97. The number of carbonyl (C=O) groups excluding carboxylic acids is 1. The maximum atomic E-state index is 12.6. The second kappa shape index (κ2) is 5.75. The monoisotopic (exact) mass is 280 g/mol. The maximum Gasteiger partial charge on any atom is 0.274 e. The van der Waals surface area contributed by atoms with Crippen LogP contribution in [0.4, 0.5) is 0 Å². The van der Waals surface area contributed by atoms with Crippen LogP contribution in [0, 0.1) is 0 Å². The number of nitrogens with zero attached hydrogens (tertiary/aromatic N) is 4. The van der Waals surface area contributed by atoms with Crippen molar-refractivity contribution in [3.05, 3.63) is 66.4 Å². The number of fused-ring (bicyclic) bond motifs is 1. The molecule has 0 spiro atoms. The van der Waals surface area contributed by atoms with Gasteiger partial charge in [0, 0.05) is 37.9 Å². The second-order valence-corrected chi connectivity index (χ2v) is 4.77. The van der Waals surface area contributed by atoms with Gasteiger partial charge in [-0.05, 0) is 36.8 Å². The highest BCUT2D eigenvalue weighted by atomic mass is 16.2. The molecule has 0 saturated carbocycles. The van der Waals surface area contributed by atoms with E-state index in [9.17, 15) is 4.79 Å². The number of amides is 1. The van der Waals surface area contributed by atoms with E-state index in [1.807, 2.05) is 47.9 Å². The first-order valence-corrected chi connectivity index (χ1v) is 6.90. The van der Waals surface area contributed by atoms with Gasteiger partial charge < -0.3 is 9.30 Å². The molecule has 0 aliphatic heterocycles. The Morgan fingerprint density at radius 3 is 2.76 bits per heavy atom. The Labute approximate surface area is 122 Å². The zero-order valence-electron chi connectivity index (χ0n) is 11.8. The van der Waals surface area contributed by atoms with E-state index in [2.05, 4.69) is 9.97 Å². The first-order chi connectivity index (χ1) is 10.3. The average molecular weight is 280 g/mol. The van der Waals surface area contributed by atoms with Crippen LogP contribution in [0.5, 0.6) is 0 Å². The summed E-state index contributed by atoms with van der Waals surface area (Å²) in [4.78, 5) is 22.7. The molecule has 0 N–H and O–H groups in total. The highest BCUT2D eigenvalue weighted by Gasteiger charge is 2.17. The van der Waals surface area contributed by atoms with Gasteiger partial charge in [-0.25, -0.2) is 4.98 Å². The van der Waals surface area contributed by atoms with Crippen LogP contribution in [0.3, 0.4) is 0 Å². The summed E-state index contributed by atoms with van der Waals surface area (Å²) in [5, 5.41) is 0. The second-order valence-electron chi connectivity index (χ2n) is 4.77. The Balaban J connectivity index is 1.84. The zero-order chi connectivity index (χ0) is 14.7. The van der Waals surface area contributed by atoms with Gasteiger partial charge in [0.25, 0.3) is 5.91 Å². The van der Waals surface area contributed by atoms with Crippen molar-refractivity contribution in [3.63, 3.8) is 0 Å². The Bertz CT molecular complexity index is 718. The lowest BCUT2D eigenvalue weighted by Gasteiger charge is -2.19. The molecule has 0 bridgehead atoms. The molecule has 0 aromatic carbocycles. The molecule has 21 heavy (non-hydrogen) atoms. The smallest absolute Gasteiger partial charge is 0.274 e. The van der Waals surface area contributed by atoms with Gasteiger partial charge in [0.1, 0.15) is 11.3 Å². The van der Waals surface area contributed by atoms with Crippen LogP contribution in [0.15, 0.2) is 55.1 Å². The van der Waals surface area contributed by atoms with E-state index < -0.39 is 0 Å². The SMILES string of the molecule is CCN(Cc1ccncc1)C(=O)c1cn2ccccc2n1. The summed E-state index contributed by atoms with van der Waals surface area (Å²) in [6.45, 7) is 3.16. The van der Waals surface area contributed by atoms with Crippen LogP contribution in [-0.2, 0) is 6.54 Å². The molecule has 1 amide bonds. The molecular weight excluding hydrogens is 264 g/mol. The molecule has 106 valence electrons. The lowest BCUT2D eigenvalue weighted by atomic mass is 10.2. The summed E-state index contributed by atoms with van der Waals surface area (Å²) in [7, 11) is 0. The molecule has 3 aromatic heterocycles. The fraction of sp³-hybridized carbons (Fsp3) is 0.188. The topological polar surface area (TPSA) is 50.5 Å². The summed E-state index contributed by atoms with van der Waals surface area (Å²) in [5.74, 6) is -0.0574. The van der Waals surface area contributed by atoms with Gasteiger partial charge >= 0.3 is 0 Å². The standard InChI is InChI=1S/C16H16N4O/c1-2-19(11-13-6-8-17-9-7-13)16(21)14-12-20-10-4-3-5-15(20)18-14/h3-10,12H,2,11H2,1H3. The van der Waals surface area contributed by atoms with E-state index in [0.717, 1.165) is 11.2 Å². The number of hydrogen-bond donors (Lipinski definition) is 0. The summed E-state index contributed by atoms with van der Waals surface area (Å²) in [6, 6.07) is 9.54.